The predicted octanol–water partition coefficient (Wildman–Crippen LogP) is 3.33. The molecule has 3 aromatic heterocycles. The van der Waals surface area contributed by atoms with Crippen molar-refractivity contribution >= 4 is 11.0 Å². The van der Waals surface area contributed by atoms with Gasteiger partial charge in [-0.2, -0.15) is 5.10 Å². The number of aryl methyl sites for hydroxylation is 2. The number of nitrogens with one attached hydrogen (secondary N) is 1. The number of rotatable bonds is 8. The van der Waals surface area contributed by atoms with Gasteiger partial charge in [0.25, 0.3) is 0 Å². The maximum atomic E-state index is 15.4. The molecule has 2 fully saturated rings. The maximum absolute atomic E-state index is 15.4. The van der Waals surface area contributed by atoms with Crippen LogP contribution in [-0.2, 0) is 18.2 Å². The molecular weight excluding hydrogens is 435 g/mol. The summed E-state index contributed by atoms with van der Waals surface area (Å²) in [6.07, 6.45) is 8.16. The van der Waals surface area contributed by atoms with Crippen LogP contribution >= 0.6 is 0 Å². The van der Waals surface area contributed by atoms with Crippen LogP contribution in [0.1, 0.15) is 44.0 Å². The summed E-state index contributed by atoms with van der Waals surface area (Å²) in [6, 6.07) is 1.92. The normalized spacial score (nSPS) is 25.9. The fraction of sp³-hybridized carbons (Fsp3) is 0.560. The van der Waals surface area contributed by atoms with Crippen LogP contribution in [0.3, 0.4) is 0 Å². The van der Waals surface area contributed by atoms with E-state index in [4.69, 9.17) is 4.74 Å². The number of aliphatic hydroxyl groups is 1. The first kappa shape index (κ1) is 23.1. The van der Waals surface area contributed by atoms with Crippen molar-refractivity contribution in [2.45, 2.75) is 63.1 Å². The summed E-state index contributed by atoms with van der Waals surface area (Å²) >= 11 is 0. The number of aromatic nitrogens is 5. The van der Waals surface area contributed by atoms with Crippen molar-refractivity contribution in [2.75, 3.05) is 13.1 Å². The molecule has 2 N–H and O–H groups in total. The number of nitrogens with zero attached hydrogens (tertiary/aromatic N) is 5. The zero-order valence-corrected chi connectivity index (χ0v) is 19.6. The molecule has 8 nitrogen and oxygen atoms in total. The molecule has 0 saturated carbocycles. The number of piperidine rings is 1. The first-order chi connectivity index (χ1) is 16.6. The number of aliphatic hydroxyl groups excluding tert-OH is 1. The van der Waals surface area contributed by atoms with Gasteiger partial charge in [0.05, 0.1) is 22.9 Å². The van der Waals surface area contributed by atoms with E-state index in [1.807, 2.05) is 31.6 Å². The number of allylic oxidation sites excluding steroid dienone is 1. The third-order valence-electron chi connectivity index (χ3n) is 7.15. The third kappa shape index (κ3) is 4.39. The van der Waals surface area contributed by atoms with E-state index in [2.05, 4.69) is 27.0 Å². The quantitative estimate of drug-likeness (QED) is 0.493. The fourth-order valence-corrected chi connectivity index (χ4v) is 5.26. The molecular formula is C25H33FN6O2. The topological polar surface area (TPSA) is 90.0 Å². The van der Waals surface area contributed by atoms with E-state index in [0.717, 1.165) is 61.1 Å². The summed E-state index contributed by atoms with van der Waals surface area (Å²) in [5.41, 5.74) is 3.05. The summed E-state index contributed by atoms with van der Waals surface area (Å²) in [5.74, 6) is 0.595. The number of hydrogen-bond donors (Lipinski definition) is 2. The Balaban J connectivity index is 1.47. The van der Waals surface area contributed by atoms with Gasteiger partial charge in [-0.15, -0.1) is 6.58 Å². The van der Waals surface area contributed by atoms with Crippen molar-refractivity contribution in [3.8, 4) is 11.3 Å². The van der Waals surface area contributed by atoms with Crippen molar-refractivity contribution in [1.82, 2.24) is 29.6 Å². The van der Waals surface area contributed by atoms with Gasteiger partial charge in [0.1, 0.15) is 18.1 Å². The molecule has 2 aliphatic heterocycles. The molecule has 0 bridgehead atoms. The van der Waals surface area contributed by atoms with Crippen molar-refractivity contribution in [2.24, 2.45) is 13.0 Å². The predicted molar refractivity (Wildman–Crippen MR) is 128 cm³/mol. The van der Waals surface area contributed by atoms with Gasteiger partial charge in [0.15, 0.2) is 12.4 Å². The summed E-state index contributed by atoms with van der Waals surface area (Å²) in [7, 11) is 1.86. The second kappa shape index (κ2) is 9.93. The van der Waals surface area contributed by atoms with E-state index in [9.17, 15) is 5.11 Å². The van der Waals surface area contributed by atoms with Gasteiger partial charge in [-0.1, -0.05) is 6.08 Å². The molecule has 9 heteroatoms. The van der Waals surface area contributed by atoms with Gasteiger partial charge in [-0.3, -0.25) is 4.68 Å². The number of halogens is 1. The van der Waals surface area contributed by atoms with Crippen molar-refractivity contribution in [1.29, 1.82) is 0 Å². The Bertz CT molecular complexity index is 1140. The second-order valence-corrected chi connectivity index (χ2v) is 9.44. The van der Waals surface area contributed by atoms with Crippen LogP contribution in [0.4, 0.5) is 4.39 Å². The Kier molecular flexibility index (Phi) is 6.76. The summed E-state index contributed by atoms with van der Waals surface area (Å²) in [5, 5.41) is 19.5. The van der Waals surface area contributed by atoms with Gasteiger partial charge in [0.2, 0.25) is 0 Å². The minimum absolute atomic E-state index is 0.535. The third-order valence-corrected chi connectivity index (χ3v) is 7.15. The molecule has 5 rings (SSSR count). The minimum atomic E-state index is -1.54. The molecule has 4 atom stereocenters. The van der Waals surface area contributed by atoms with E-state index in [1.54, 1.807) is 9.25 Å². The summed E-state index contributed by atoms with van der Waals surface area (Å²) < 4.78 is 25.1. The Morgan fingerprint density at radius 3 is 2.85 bits per heavy atom. The average molecular weight is 469 g/mol. The highest BCUT2D eigenvalue weighted by Gasteiger charge is 2.45. The molecule has 5 heterocycles. The maximum Gasteiger partial charge on any atom is 0.173 e. The van der Waals surface area contributed by atoms with Gasteiger partial charge < -0.3 is 19.7 Å². The summed E-state index contributed by atoms with van der Waals surface area (Å²) in [4.78, 5) is 9.02. The SMILES string of the molecule is C=CCCc1ncnc2c1c(-c1ccn(C)n1)cn2[C@@H]1O[C@H](CCC2CCNCC2)[C@@H](O)[C@@H]1F. The highest BCUT2D eigenvalue weighted by Crippen LogP contribution is 2.40. The van der Waals surface area contributed by atoms with Gasteiger partial charge in [-0.25, -0.2) is 14.4 Å². The lowest BCUT2D eigenvalue weighted by molar-refractivity contribution is -0.0284. The molecule has 2 aliphatic rings. The zero-order chi connectivity index (χ0) is 23.7. The van der Waals surface area contributed by atoms with Crippen molar-refractivity contribution < 1.29 is 14.2 Å². The van der Waals surface area contributed by atoms with E-state index < -0.39 is 24.6 Å². The molecule has 0 spiro atoms. The molecule has 0 radical (unpaired) electrons. The lowest BCUT2D eigenvalue weighted by Gasteiger charge is -2.24. The van der Waals surface area contributed by atoms with E-state index in [-0.39, 0.29) is 0 Å². The number of alkyl halides is 1. The first-order valence-corrected chi connectivity index (χ1v) is 12.2. The molecule has 0 amide bonds. The molecule has 182 valence electrons. The van der Waals surface area contributed by atoms with Gasteiger partial charge in [0, 0.05) is 25.0 Å². The Hall–Kier alpha value is -2.62. The number of ether oxygens (including phenoxy) is 1. The highest BCUT2D eigenvalue weighted by molar-refractivity contribution is 5.95. The largest absolute Gasteiger partial charge is 0.387 e. The Morgan fingerprint density at radius 2 is 2.12 bits per heavy atom. The zero-order valence-electron chi connectivity index (χ0n) is 19.6. The van der Waals surface area contributed by atoms with E-state index in [0.29, 0.717) is 24.4 Å². The van der Waals surface area contributed by atoms with Crippen LogP contribution in [0.5, 0.6) is 0 Å². The number of hydrogen-bond acceptors (Lipinski definition) is 6. The lowest BCUT2D eigenvalue weighted by atomic mass is 9.91. The second-order valence-electron chi connectivity index (χ2n) is 9.44. The smallest absolute Gasteiger partial charge is 0.173 e. The van der Waals surface area contributed by atoms with E-state index in [1.165, 1.54) is 6.33 Å². The van der Waals surface area contributed by atoms with Crippen LogP contribution in [0.15, 0.2) is 37.4 Å². The van der Waals surface area contributed by atoms with E-state index >= 15 is 4.39 Å². The molecule has 34 heavy (non-hydrogen) atoms. The Labute approximate surface area is 198 Å². The highest BCUT2D eigenvalue weighted by atomic mass is 19.1. The van der Waals surface area contributed by atoms with Crippen molar-refractivity contribution in [3.63, 3.8) is 0 Å². The molecule has 0 aliphatic carbocycles. The lowest BCUT2D eigenvalue weighted by Crippen LogP contribution is -2.31. The molecule has 0 aromatic carbocycles. The first-order valence-electron chi connectivity index (χ1n) is 12.2. The van der Waals surface area contributed by atoms with Gasteiger partial charge >= 0.3 is 0 Å². The van der Waals surface area contributed by atoms with Crippen molar-refractivity contribution in [3.05, 3.63) is 43.1 Å². The Morgan fingerprint density at radius 1 is 1.29 bits per heavy atom. The number of fused-ring (bicyclic) bond motifs is 1. The van der Waals surface area contributed by atoms with Crippen LogP contribution < -0.4 is 5.32 Å². The van der Waals surface area contributed by atoms with Crippen LogP contribution in [-0.4, -0.2) is 60.9 Å². The minimum Gasteiger partial charge on any atom is -0.387 e. The molecule has 0 unspecified atom stereocenters. The average Bonchev–Trinajstić information content (AvgIpc) is 3.53. The standard InChI is InChI=1S/C25H33FN6O2/c1-3-4-5-19-21-17(18-10-13-31(2)30-18)14-32(24(21)29-15-28-19)25-22(26)23(33)20(34-25)7-6-16-8-11-27-12-9-16/h3,10,13-16,20,22-23,25,27,33H,1,4-9,11-12H2,2H3/t20-,22+,23-,25-/m1/s1. The van der Waals surface area contributed by atoms with Crippen LogP contribution in [0.2, 0.25) is 0 Å². The molecule has 3 aromatic rings. The summed E-state index contributed by atoms with van der Waals surface area (Å²) in [6.45, 7) is 5.86. The van der Waals surface area contributed by atoms with Crippen LogP contribution in [0.25, 0.3) is 22.3 Å². The van der Waals surface area contributed by atoms with Crippen LogP contribution in [0, 0.1) is 5.92 Å². The van der Waals surface area contributed by atoms with Gasteiger partial charge in [-0.05, 0) is 63.6 Å². The fourth-order valence-electron chi connectivity index (χ4n) is 5.26. The monoisotopic (exact) mass is 468 g/mol. The molecule has 2 saturated heterocycles.